The average molecular weight is 375 g/mol. The third-order valence-electron chi connectivity index (χ3n) is 3.37. The van der Waals surface area contributed by atoms with Gasteiger partial charge >= 0.3 is 0 Å². The molecule has 0 aromatic heterocycles. The molecule has 2 amide bonds. The largest absolute Gasteiger partial charge is 0.339 e. The number of amides is 2. The molecule has 5 nitrogen and oxygen atoms in total. The van der Waals surface area contributed by atoms with Crippen LogP contribution in [0.2, 0.25) is 5.02 Å². The van der Waals surface area contributed by atoms with Crippen LogP contribution in [0.3, 0.4) is 0 Å². The van der Waals surface area contributed by atoms with Gasteiger partial charge in [-0.1, -0.05) is 17.7 Å². The van der Waals surface area contributed by atoms with Gasteiger partial charge in [0, 0.05) is 37.7 Å². The maximum absolute atomic E-state index is 12.4. The number of rotatable bonds is 3. The van der Waals surface area contributed by atoms with Gasteiger partial charge in [0.1, 0.15) is 0 Å². The maximum Gasteiger partial charge on any atom is 0.255 e. The summed E-state index contributed by atoms with van der Waals surface area (Å²) in [6.07, 6.45) is 0. The van der Waals surface area contributed by atoms with Gasteiger partial charge in [-0.05, 0) is 28.1 Å². The predicted octanol–water partition coefficient (Wildman–Crippen LogP) is 1.61. The highest BCUT2D eigenvalue weighted by atomic mass is 79.9. The molecule has 0 unspecified atom stereocenters. The fourth-order valence-corrected chi connectivity index (χ4v) is 2.74. The summed E-state index contributed by atoms with van der Waals surface area (Å²) in [5, 5.41) is 3.55. The molecular formula is C14H17BrClN3O2. The third kappa shape index (κ3) is 3.96. The molecule has 1 saturated heterocycles. The van der Waals surface area contributed by atoms with Crippen molar-refractivity contribution in [2.24, 2.45) is 0 Å². The highest BCUT2D eigenvalue weighted by Gasteiger charge is 2.22. The first-order chi connectivity index (χ1) is 10.0. The molecule has 7 heteroatoms. The van der Waals surface area contributed by atoms with Crippen molar-refractivity contribution in [2.75, 3.05) is 39.8 Å². The lowest BCUT2D eigenvalue weighted by Crippen LogP contribution is -2.49. The van der Waals surface area contributed by atoms with Crippen molar-refractivity contribution in [1.29, 1.82) is 0 Å². The van der Waals surface area contributed by atoms with Crippen LogP contribution in [0.15, 0.2) is 22.7 Å². The summed E-state index contributed by atoms with van der Waals surface area (Å²) < 4.78 is 0.664. The third-order valence-corrected chi connectivity index (χ3v) is 4.67. The van der Waals surface area contributed by atoms with E-state index in [1.165, 1.54) is 4.90 Å². The van der Waals surface area contributed by atoms with Crippen molar-refractivity contribution in [2.45, 2.75) is 0 Å². The van der Waals surface area contributed by atoms with Gasteiger partial charge in [0.25, 0.3) is 5.91 Å². The lowest BCUT2D eigenvalue weighted by molar-refractivity contribution is -0.132. The fraction of sp³-hybridized carbons (Fsp3) is 0.429. The van der Waals surface area contributed by atoms with E-state index in [0.717, 1.165) is 13.1 Å². The number of piperazine rings is 1. The minimum absolute atomic E-state index is 0.0431. The molecule has 1 fully saturated rings. The minimum atomic E-state index is -0.259. The molecule has 1 heterocycles. The van der Waals surface area contributed by atoms with Gasteiger partial charge in [-0.3, -0.25) is 9.59 Å². The first kappa shape index (κ1) is 16.3. The first-order valence-corrected chi connectivity index (χ1v) is 7.85. The molecule has 1 aliphatic rings. The van der Waals surface area contributed by atoms with Crippen LogP contribution in [0.4, 0.5) is 0 Å². The Morgan fingerprint density at radius 3 is 2.71 bits per heavy atom. The van der Waals surface area contributed by atoms with E-state index in [-0.39, 0.29) is 18.4 Å². The van der Waals surface area contributed by atoms with E-state index in [1.54, 1.807) is 30.1 Å². The van der Waals surface area contributed by atoms with Gasteiger partial charge in [-0.15, -0.1) is 0 Å². The Bertz CT molecular complexity index is 547. The smallest absolute Gasteiger partial charge is 0.255 e. The number of hydrogen-bond acceptors (Lipinski definition) is 3. The number of benzene rings is 1. The van der Waals surface area contributed by atoms with Crippen LogP contribution < -0.4 is 5.32 Å². The highest BCUT2D eigenvalue weighted by molar-refractivity contribution is 9.10. The zero-order chi connectivity index (χ0) is 15.4. The van der Waals surface area contributed by atoms with Crippen molar-refractivity contribution >= 4 is 39.3 Å². The number of nitrogens with one attached hydrogen (secondary N) is 1. The monoisotopic (exact) mass is 373 g/mol. The van der Waals surface area contributed by atoms with Crippen molar-refractivity contribution in [3.05, 3.63) is 33.3 Å². The van der Waals surface area contributed by atoms with Crippen LogP contribution >= 0.6 is 27.5 Å². The maximum atomic E-state index is 12.4. The minimum Gasteiger partial charge on any atom is -0.339 e. The van der Waals surface area contributed by atoms with Crippen LogP contribution in [0.25, 0.3) is 0 Å². The number of likely N-dealkylation sites (N-methyl/N-ethyl adjacent to an activating group) is 1. The SMILES string of the molecule is CN(CC(=O)N1CCNCC1)C(=O)c1cccc(Br)c1Cl. The number of hydrogen-bond donors (Lipinski definition) is 1. The Kier molecular flexibility index (Phi) is 5.61. The lowest BCUT2D eigenvalue weighted by Gasteiger charge is -2.29. The quantitative estimate of drug-likeness (QED) is 0.874. The molecule has 1 aromatic carbocycles. The Morgan fingerprint density at radius 1 is 1.38 bits per heavy atom. The van der Waals surface area contributed by atoms with E-state index in [0.29, 0.717) is 28.1 Å². The van der Waals surface area contributed by atoms with Gasteiger partial charge in [0.05, 0.1) is 17.1 Å². The van der Waals surface area contributed by atoms with Crippen LogP contribution in [0.1, 0.15) is 10.4 Å². The lowest BCUT2D eigenvalue weighted by atomic mass is 10.2. The van der Waals surface area contributed by atoms with Gasteiger partial charge in [-0.2, -0.15) is 0 Å². The normalized spacial score (nSPS) is 14.9. The molecule has 114 valence electrons. The van der Waals surface area contributed by atoms with E-state index >= 15 is 0 Å². The number of carbonyl (C=O) groups excluding carboxylic acids is 2. The van der Waals surface area contributed by atoms with Crippen LogP contribution in [-0.2, 0) is 4.79 Å². The zero-order valence-corrected chi connectivity index (χ0v) is 14.1. The standard InChI is InChI=1S/C14H17BrClN3O2/c1-18(9-12(20)19-7-5-17-6-8-19)14(21)10-3-2-4-11(15)13(10)16/h2-4,17H,5-9H2,1H3. The van der Waals surface area contributed by atoms with E-state index in [1.807, 2.05) is 0 Å². The zero-order valence-electron chi connectivity index (χ0n) is 11.7. The van der Waals surface area contributed by atoms with Gasteiger partial charge in [-0.25, -0.2) is 0 Å². The Balaban J connectivity index is 2.02. The molecule has 21 heavy (non-hydrogen) atoms. The van der Waals surface area contributed by atoms with Gasteiger partial charge in [0.15, 0.2) is 0 Å². The summed E-state index contributed by atoms with van der Waals surface area (Å²) in [5.41, 5.74) is 0.390. The van der Waals surface area contributed by atoms with Crippen LogP contribution in [0, 0.1) is 0 Å². The molecule has 0 aliphatic carbocycles. The summed E-state index contributed by atoms with van der Waals surface area (Å²) in [6.45, 7) is 3.00. The Morgan fingerprint density at radius 2 is 2.05 bits per heavy atom. The van der Waals surface area contributed by atoms with Gasteiger partial charge in [0.2, 0.25) is 5.91 Å². The summed E-state index contributed by atoms with van der Waals surface area (Å²) in [7, 11) is 1.61. The molecule has 0 saturated carbocycles. The fourth-order valence-electron chi connectivity index (χ4n) is 2.16. The Hall–Kier alpha value is -1.11. The molecule has 2 rings (SSSR count). The molecule has 0 radical (unpaired) electrons. The van der Waals surface area contributed by atoms with Crippen molar-refractivity contribution in [3.63, 3.8) is 0 Å². The topological polar surface area (TPSA) is 52.7 Å². The van der Waals surface area contributed by atoms with Crippen LogP contribution in [-0.4, -0.2) is 61.4 Å². The van der Waals surface area contributed by atoms with E-state index in [2.05, 4.69) is 21.2 Å². The van der Waals surface area contributed by atoms with Crippen molar-refractivity contribution in [3.8, 4) is 0 Å². The molecule has 0 spiro atoms. The average Bonchev–Trinajstić information content (AvgIpc) is 2.50. The molecule has 1 aliphatic heterocycles. The predicted molar refractivity (Wildman–Crippen MR) is 85.6 cm³/mol. The molecule has 1 N–H and O–H groups in total. The van der Waals surface area contributed by atoms with E-state index in [9.17, 15) is 9.59 Å². The number of carbonyl (C=O) groups is 2. The molecule has 0 atom stereocenters. The second kappa shape index (κ2) is 7.24. The van der Waals surface area contributed by atoms with E-state index in [4.69, 9.17) is 11.6 Å². The summed E-state index contributed by atoms with van der Waals surface area (Å²) in [4.78, 5) is 27.7. The second-order valence-corrected chi connectivity index (χ2v) is 6.13. The van der Waals surface area contributed by atoms with Gasteiger partial charge < -0.3 is 15.1 Å². The Labute approximate surface area is 137 Å². The summed E-state index contributed by atoms with van der Waals surface area (Å²) in [5.74, 6) is -0.303. The molecular weight excluding hydrogens is 358 g/mol. The highest BCUT2D eigenvalue weighted by Crippen LogP contribution is 2.26. The van der Waals surface area contributed by atoms with Crippen molar-refractivity contribution < 1.29 is 9.59 Å². The first-order valence-electron chi connectivity index (χ1n) is 6.68. The molecule has 1 aromatic rings. The summed E-state index contributed by atoms with van der Waals surface area (Å²) >= 11 is 9.41. The van der Waals surface area contributed by atoms with E-state index < -0.39 is 0 Å². The number of nitrogens with zero attached hydrogens (tertiary/aromatic N) is 2. The molecule has 0 bridgehead atoms. The number of halogens is 2. The summed E-state index contributed by atoms with van der Waals surface area (Å²) in [6, 6.07) is 5.17. The van der Waals surface area contributed by atoms with Crippen molar-refractivity contribution in [1.82, 2.24) is 15.1 Å². The second-order valence-electron chi connectivity index (χ2n) is 4.89. The van der Waals surface area contributed by atoms with Crippen LogP contribution in [0.5, 0.6) is 0 Å².